The number of carbonyl (C=O) groups excluding carboxylic acids is 1. The number of thiazole rings is 1. The molecule has 3 rings (SSSR count). The molecule has 5 N–H and O–H groups in total. The maximum atomic E-state index is 10.7. The van der Waals surface area contributed by atoms with Gasteiger partial charge >= 0.3 is 0 Å². The molecular formula is C19H19N5OS. The van der Waals surface area contributed by atoms with Crippen molar-refractivity contribution >= 4 is 34.5 Å². The third-order valence-corrected chi connectivity index (χ3v) is 4.88. The highest BCUT2D eigenvalue weighted by Crippen LogP contribution is 2.33. The van der Waals surface area contributed by atoms with Crippen molar-refractivity contribution in [2.75, 3.05) is 10.6 Å². The van der Waals surface area contributed by atoms with Crippen LogP contribution in [0.1, 0.15) is 11.3 Å². The maximum absolute atomic E-state index is 10.7. The molecule has 3 aromatic rings. The van der Waals surface area contributed by atoms with E-state index in [9.17, 15) is 4.79 Å². The van der Waals surface area contributed by atoms with Crippen LogP contribution in [0.4, 0.5) is 10.8 Å². The summed E-state index contributed by atoms with van der Waals surface area (Å²) >= 11 is 1.48. The molecular weight excluding hydrogens is 346 g/mol. The van der Waals surface area contributed by atoms with E-state index in [1.54, 1.807) is 0 Å². The van der Waals surface area contributed by atoms with Crippen molar-refractivity contribution in [3.8, 4) is 10.4 Å². The van der Waals surface area contributed by atoms with Gasteiger partial charge in [0.05, 0.1) is 10.6 Å². The van der Waals surface area contributed by atoms with E-state index in [-0.39, 0.29) is 5.96 Å². The molecule has 0 aliphatic heterocycles. The normalized spacial score (nSPS) is 10.3. The van der Waals surface area contributed by atoms with Crippen LogP contribution < -0.4 is 16.4 Å². The highest BCUT2D eigenvalue weighted by atomic mass is 32.1. The predicted molar refractivity (Wildman–Crippen MR) is 107 cm³/mol. The monoisotopic (exact) mass is 365 g/mol. The van der Waals surface area contributed by atoms with Gasteiger partial charge in [-0.25, -0.2) is 4.98 Å². The number of guanidine groups is 1. The van der Waals surface area contributed by atoms with Crippen LogP contribution in [0, 0.1) is 5.41 Å². The maximum Gasteiger partial charge on any atom is 0.213 e. The summed E-state index contributed by atoms with van der Waals surface area (Å²) in [6.07, 6.45) is 2.24. The number of nitrogens with zero attached hydrogens (tertiary/aromatic N) is 1. The van der Waals surface area contributed by atoms with Gasteiger partial charge in [-0.05, 0) is 36.1 Å². The predicted octanol–water partition coefficient (Wildman–Crippen LogP) is 3.47. The van der Waals surface area contributed by atoms with Crippen molar-refractivity contribution in [2.24, 2.45) is 5.73 Å². The molecule has 0 saturated heterocycles. The molecule has 6 nitrogen and oxygen atoms in total. The van der Waals surface area contributed by atoms with E-state index < -0.39 is 0 Å². The van der Waals surface area contributed by atoms with Gasteiger partial charge in [-0.15, -0.1) is 0 Å². The SMILES string of the molecule is N=C(N)Nc1ccc(CCc2nc(NC=O)sc2-c2ccccc2)cc1. The van der Waals surface area contributed by atoms with E-state index in [1.807, 2.05) is 54.6 Å². The third-order valence-electron chi connectivity index (χ3n) is 3.80. The Balaban J connectivity index is 1.76. The lowest BCUT2D eigenvalue weighted by molar-refractivity contribution is -0.105. The fourth-order valence-corrected chi connectivity index (χ4v) is 3.60. The molecule has 2 aromatic carbocycles. The molecule has 0 aliphatic rings. The number of nitrogens with two attached hydrogens (primary N) is 1. The van der Waals surface area contributed by atoms with Gasteiger partial charge in [-0.3, -0.25) is 10.2 Å². The van der Waals surface area contributed by atoms with Crippen LogP contribution >= 0.6 is 11.3 Å². The number of hydrogen-bond donors (Lipinski definition) is 4. The first-order valence-electron chi connectivity index (χ1n) is 8.11. The number of anilines is 2. The van der Waals surface area contributed by atoms with Crippen LogP contribution in [0.3, 0.4) is 0 Å². The van der Waals surface area contributed by atoms with Gasteiger partial charge < -0.3 is 16.4 Å². The Hall–Kier alpha value is -3.19. The van der Waals surface area contributed by atoms with Crippen LogP contribution in [0.5, 0.6) is 0 Å². The highest BCUT2D eigenvalue weighted by molar-refractivity contribution is 7.19. The molecule has 132 valence electrons. The summed E-state index contributed by atoms with van der Waals surface area (Å²) in [6.45, 7) is 0. The first-order chi connectivity index (χ1) is 12.7. The number of amides is 1. The second-order valence-corrected chi connectivity index (χ2v) is 6.66. The summed E-state index contributed by atoms with van der Waals surface area (Å²) in [6, 6.07) is 17.9. The lowest BCUT2D eigenvalue weighted by atomic mass is 10.1. The summed E-state index contributed by atoms with van der Waals surface area (Å²) in [5, 5.41) is 13.3. The van der Waals surface area contributed by atoms with Crippen molar-refractivity contribution in [3.63, 3.8) is 0 Å². The van der Waals surface area contributed by atoms with Gasteiger partial charge in [0, 0.05) is 5.69 Å². The summed E-state index contributed by atoms with van der Waals surface area (Å²) in [7, 11) is 0. The van der Waals surface area contributed by atoms with Crippen LogP contribution in [0.15, 0.2) is 54.6 Å². The summed E-state index contributed by atoms with van der Waals surface area (Å²) < 4.78 is 0. The zero-order valence-corrected chi connectivity index (χ0v) is 14.8. The van der Waals surface area contributed by atoms with E-state index in [4.69, 9.17) is 11.1 Å². The van der Waals surface area contributed by atoms with Crippen molar-refractivity contribution < 1.29 is 4.79 Å². The Labute approximate surface area is 155 Å². The molecule has 1 aromatic heterocycles. The van der Waals surface area contributed by atoms with E-state index in [0.717, 1.165) is 40.2 Å². The minimum atomic E-state index is -0.0806. The zero-order valence-electron chi connectivity index (χ0n) is 14.0. The van der Waals surface area contributed by atoms with Crippen LogP contribution in [0.25, 0.3) is 10.4 Å². The Bertz CT molecular complexity index is 890. The van der Waals surface area contributed by atoms with Gasteiger partial charge in [0.1, 0.15) is 0 Å². The van der Waals surface area contributed by atoms with E-state index >= 15 is 0 Å². The first-order valence-corrected chi connectivity index (χ1v) is 8.92. The molecule has 0 radical (unpaired) electrons. The minimum absolute atomic E-state index is 0.0806. The summed E-state index contributed by atoms with van der Waals surface area (Å²) in [5.74, 6) is -0.0806. The second kappa shape index (κ2) is 8.26. The van der Waals surface area contributed by atoms with Crippen LogP contribution in [-0.2, 0) is 17.6 Å². The topological polar surface area (TPSA) is 104 Å². The molecule has 0 spiro atoms. The Morgan fingerprint density at radius 2 is 1.85 bits per heavy atom. The number of aromatic nitrogens is 1. The molecule has 0 fully saturated rings. The summed E-state index contributed by atoms with van der Waals surface area (Å²) in [5.41, 5.74) is 9.35. The number of benzene rings is 2. The average Bonchev–Trinajstić information content (AvgIpc) is 3.05. The van der Waals surface area contributed by atoms with Gasteiger partial charge in [-0.1, -0.05) is 53.8 Å². The Morgan fingerprint density at radius 1 is 1.12 bits per heavy atom. The standard InChI is InChI=1S/C19H19N5OS/c20-18(21)23-15-9-6-13(7-10-15)8-11-16-17(14-4-2-1-3-5-14)26-19(24-16)22-12-25/h1-7,9-10,12H,8,11H2,(H4,20,21,23)(H,22,24,25). The Morgan fingerprint density at radius 3 is 2.50 bits per heavy atom. The molecule has 0 saturated carbocycles. The second-order valence-electron chi connectivity index (χ2n) is 5.66. The van der Waals surface area contributed by atoms with Crippen LogP contribution in [0.2, 0.25) is 0 Å². The third kappa shape index (κ3) is 4.46. The molecule has 0 atom stereocenters. The molecule has 7 heteroatoms. The molecule has 1 amide bonds. The van der Waals surface area contributed by atoms with Gasteiger partial charge in [0.2, 0.25) is 6.41 Å². The van der Waals surface area contributed by atoms with Gasteiger partial charge in [0.15, 0.2) is 11.1 Å². The average molecular weight is 365 g/mol. The van der Waals surface area contributed by atoms with Gasteiger partial charge in [0.25, 0.3) is 0 Å². The largest absolute Gasteiger partial charge is 0.370 e. The fraction of sp³-hybridized carbons (Fsp3) is 0.105. The Kier molecular flexibility index (Phi) is 5.60. The number of carbonyl (C=O) groups is 1. The smallest absolute Gasteiger partial charge is 0.213 e. The van der Waals surface area contributed by atoms with Crippen molar-refractivity contribution in [3.05, 3.63) is 65.9 Å². The molecule has 26 heavy (non-hydrogen) atoms. The lowest BCUT2D eigenvalue weighted by Crippen LogP contribution is -2.20. The number of hydrogen-bond acceptors (Lipinski definition) is 4. The molecule has 0 aliphatic carbocycles. The first kappa shape index (κ1) is 17.6. The highest BCUT2D eigenvalue weighted by Gasteiger charge is 2.13. The summed E-state index contributed by atoms with van der Waals surface area (Å²) in [4.78, 5) is 16.4. The van der Waals surface area contributed by atoms with Crippen LogP contribution in [-0.4, -0.2) is 17.4 Å². The van der Waals surface area contributed by atoms with Gasteiger partial charge in [-0.2, -0.15) is 0 Å². The van der Waals surface area contributed by atoms with E-state index in [2.05, 4.69) is 15.6 Å². The number of nitrogens with one attached hydrogen (secondary N) is 3. The number of rotatable bonds is 7. The van der Waals surface area contributed by atoms with E-state index in [1.165, 1.54) is 11.3 Å². The molecule has 1 heterocycles. The quantitative estimate of drug-likeness (QED) is 0.292. The van der Waals surface area contributed by atoms with E-state index in [0.29, 0.717) is 11.5 Å². The fourth-order valence-electron chi connectivity index (χ4n) is 2.62. The zero-order chi connectivity index (χ0) is 18.4. The lowest BCUT2D eigenvalue weighted by Gasteiger charge is -2.06. The van der Waals surface area contributed by atoms with Crippen molar-refractivity contribution in [2.45, 2.75) is 12.8 Å². The van der Waals surface area contributed by atoms with Crippen molar-refractivity contribution in [1.82, 2.24) is 4.98 Å². The molecule has 0 unspecified atom stereocenters. The minimum Gasteiger partial charge on any atom is -0.370 e. The van der Waals surface area contributed by atoms with Crippen molar-refractivity contribution in [1.29, 1.82) is 5.41 Å². The number of aryl methyl sites for hydroxylation is 2. The molecule has 0 bridgehead atoms.